The first kappa shape index (κ1) is 20.0. The van der Waals surface area contributed by atoms with Crippen LogP contribution < -0.4 is 5.32 Å². The molecule has 1 atom stereocenters. The summed E-state index contributed by atoms with van der Waals surface area (Å²) in [5.74, 6) is 0.136. The summed E-state index contributed by atoms with van der Waals surface area (Å²) < 4.78 is 0. The molecule has 0 radical (unpaired) electrons. The number of nitrogens with one attached hydrogen (secondary N) is 1. The molecular weight excluding hydrogens is 344 g/mol. The van der Waals surface area contributed by atoms with Crippen molar-refractivity contribution in [1.82, 2.24) is 10.2 Å². The number of aryl methyl sites for hydroxylation is 1. The fourth-order valence-electron chi connectivity index (χ4n) is 2.66. The van der Waals surface area contributed by atoms with E-state index in [2.05, 4.69) is 11.4 Å². The molecule has 2 aromatic carbocycles. The number of likely N-dealkylation sites (N-methyl/N-ethyl adjacent to an activating group) is 1. The summed E-state index contributed by atoms with van der Waals surface area (Å²) in [4.78, 5) is 27.9. The van der Waals surface area contributed by atoms with Crippen LogP contribution in [0.3, 0.4) is 0 Å². The van der Waals surface area contributed by atoms with Crippen LogP contribution in [0.25, 0.3) is 0 Å². The molecule has 2 rings (SSSR count). The van der Waals surface area contributed by atoms with Gasteiger partial charge in [-0.15, -0.1) is 11.8 Å². The van der Waals surface area contributed by atoms with E-state index >= 15 is 0 Å². The second-order valence-corrected chi connectivity index (χ2v) is 7.23. The van der Waals surface area contributed by atoms with E-state index in [0.29, 0.717) is 18.8 Å². The number of rotatable bonds is 8. The zero-order valence-electron chi connectivity index (χ0n) is 15.6. The number of hydrogen-bond acceptors (Lipinski definition) is 3. The Balaban J connectivity index is 2.12. The van der Waals surface area contributed by atoms with Crippen molar-refractivity contribution in [2.75, 3.05) is 12.3 Å². The Morgan fingerprint density at radius 2 is 1.85 bits per heavy atom. The Morgan fingerprint density at radius 1 is 1.12 bits per heavy atom. The third-order valence-electron chi connectivity index (χ3n) is 4.06. The molecular formula is C21H26N2O2S. The molecule has 0 fully saturated rings. The van der Waals surface area contributed by atoms with Crippen LogP contribution in [0.1, 0.15) is 25.0 Å². The van der Waals surface area contributed by atoms with E-state index in [1.807, 2.05) is 62.4 Å². The molecule has 2 aromatic rings. The molecule has 1 unspecified atom stereocenters. The summed E-state index contributed by atoms with van der Waals surface area (Å²) in [6.07, 6.45) is 0. The first-order valence-electron chi connectivity index (χ1n) is 8.81. The SMILES string of the molecule is CCNC(=O)C(C)N(Cc1cccc(C)c1)C(=O)CSc1ccccc1. The second kappa shape index (κ2) is 10.0. The minimum atomic E-state index is -0.515. The molecule has 138 valence electrons. The normalized spacial score (nSPS) is 11.7. The molecule has 2 amide bonds. The van der Waals surface area contributed by atoms with E-state index in [1.165, 1.54) is 11.8 Å². The van der Waals surface area contributed by atoms with Crippen LogP contribution in [-0.2, 0) is 16.1 Å². The van der Waals surface area contributed by atoms with Gasteiger partial charge in [0, 0.05) is 18.0 Å². The van der Waals surface area contributed by atoms with Crippen LogP contribution in [0, 0.1) is 6.92 Å². The molecule has 4 nitrogen and oxygen atoms in total. The zero-order chi connectivity index (χ0) is 18.9. The Labute approximate surface area is 160 Å². The van der Waals surface area contributed by atoms with Gasteiger partial charge in [0.15, 0.2) is 0 Å². The first-order chi connectivity index (χ1) is 12.5. The molecule has 0 bridgehead atoms. The van der Waals surface area contributed by atoms with Crippen molar-refractivity contribution in [2.24, 2.45) is 0 Å². The molecule has 1 N–H and O–H groups in total. The van der Waals surface area contributed by atoms with Gasteiger partial charge in [-0.1, -0.05) is 48.0 Å². The van der Waals surface area contributed by atoms with Crippen molar-refractivity contribution in [3.63, 3.8) is 0 Å². The third-order valence-corrected chi connectivity index (χ3v) is 5.06. The molecule has 0 saturated carbocycles. The molecule has 0 aliphatic heterocycles. The van der Waals surface area contributed by atoms with Gasteiger partial charge in [0.05, 0.1) is 5.75 Å². The lowest BCUT2D eigenvalue weighted by Gasteiger charge is -2.28. The first-order valence-corrected chi connectivity index (χ1v) is 9.80. The quantitative estimate of drug-likeness (QED) is 0.722. The predicted octanol–water partition coefficient (Wildman–Crippen LogP) is 3.64. The summed E-state index contributed by atoms with van der Waals surface area (Å²) in [7, 11) is 0. The number of carbonyl (C=O) groups is 2. The van der Waals surface area contributed by atoms with Gasteiger partial charge in [-0.2, -0.15) is 0 Å². The average molecular weight is 371 g/mol. The largest absolute Gasteiger partial charge is 0.355 e. The Hall–Kier alpha value is -2.27. The lowest BCUT2D eigenvalue weighted by molar-refractivity contribution is -0.138. The van der Waals surface area contributed by atoms with E-state index in [1.54, 1.807) is 11.8 Å². The van der Waals surface area contributed by atoms with Crippen molar-refractivity contribution in [3.8, 4) is 0 Å². The van der Waals surface area contributed by atoms with Gasteiger partial charge in [0.1, 0.15) is 6.04 Å². The van der Waals surface area contributed by atoms with Gasteiger partial charge in [-0.25, -0.2) is 0 Å². The number of amides is 2. The van der Waals surface area contributed by atoms with Crippen molar-refractivity contribution >= 4 is 23.6 Å². The van der Waals surface area contributed by atoms with Crippen LogP contribution in [0.5, 0.6) is 0 Å². The highest BCUT2D eigenvalue weighted by Crippen LogP contribution is 2.19. The molecule has 0 aliphatic carbocycles. The third kappa shape index (κ3) is 5.92. The molecule has 5 heteroatoms. The Morgan fingerprint density at radius 3 is 2.50 bits per heavy atom. The van der Waals surface area contributed by atoms with Gasteiger partial charge >= 0.3 is 0 Å². The van der Waals surface area contributed by atoms with E-state index in [4.69, 9.17) is 0 Å². The van der Waals surface area contributed by atoms with Gasteiger partial charge < -0.3 is 10.2 Å². The van der Waals surface area contributed by atoms with E-state index in [0.717, 1.165) is 16.0 Å². The summed E-state index contributed by atoms with van der Waals surface area (Å²) in [5, 5.41) is 2.81. The smallest absolute Gasteiger partial charge is 0.242 e. The topological polar surface area (TPSA) is 49.4 Å². The van der Waals surface area contributed by atoms with Crippen LogP contribution in [-0.4, -0.2) is 35.1 Å². The molecule has 0 aliphatic rings. The lowest BCUT2D eigenvalue weighted by atomic mass is 10.1. The standard InChI is InChI=1S/C21H26N2O2S/c1-4-22-21(25)17(3)23(14-18-10-8-9-16(2)13-18)20(24)15-26-19-11-6-5-7-12-19/h5-13,17H,4,14-15H2,1-3H3,(H,22,25). The van der Waals surface area contributed by atoms with E-state index in [9.17, 15) is 9.59 Å². The Kier molecular flexibility index (Phi) is 7.73. The summed E-state index contributed by atoms with van der Waals surface area (Å²) in [6, 6.07) is 17.3. The number of thioether (sulfide) groups is 1. The van der Waals surface area contributed by atoms with Crippen molar-refractivity contribution in [3.05, 3.63) is 65.7 Å². The molecule has 0 heterocycles. The summed E-state index contributed by atoms with van der Waals surface area (Å²) in [6.45, 7) is 6.66. The highest BCUT2D eigenvalue weighted by molar-refractivity contribution is 8.00. The molecule has 0 saturated heterocycles. The number of benzene rings is 2. The fraction of sp³-hybridized carbons (Fsp3) is 0.333. The second-order valence-electron chi connectivity index (χ2n) is 6.18. The van der Waals surface area contributed by atoms with Crippen molar-refractivity contribution in [1.29, 1.82) is 0 Å². The average Bonchev–Trinajstić information content (AvgIpc) is 2.64. The number of nitrogens with zero attached hydrogens (tertiary/aromatic N) is 1. The number of carbonyl (C=O) groups excluding carboxylic acids is 2. The highest BCUT2D eigenvalue weighted by atomic mass is 32.2. The van der Waals surface area contributed by atoms with E-state index < -0.39 is 6.04 Å². The van der Waals surface area contributed by atoms with Crippen LogP contribution >= 0.6 is 11.8 Å². The lowest BCUT2D eigenvalue weighted by Crippen LogP contribution is -2.48. The highest BCUT2D eigenvalue weighted by Gasteiger charge is 2.25. The zero-order valence-corrected chi connectivity index (χ0v) is 16.4. The van der Waals surface area contributed by atoms with Gasteiger partial charge in [-0.3, -0.25) is 9.59 Å². The molecule has 0 spiro atoms. The van der Waals surface area contributed by atoms with Crippen molar-refractivity contribution in [2.45, 2.75) is 38.3 Å². The maximum Gasteiger partial charge on any atom is 0.242 e. The van der Waals surface area contributed by atoms with Crippen LogP contribution in [0.2, 0.25) is 0 Å². The van der Waals surface area contributed by atoms with Crippen molar-refractivity contribution < 1.29 is 9.59 Å². The minimum absolute atomic E-state index is 0.0425. The van der Waals surface area contributed by atoms with Gasteiger partial charge in [0.2, 0.25) is 11.8 Å². The fourth-order valence-corrected chi connectivity index (χ4v) is 3.46. The molecule has 0 aromatic heterocycles. The van der Waals surface area contributed by atoms with Gasteiger partial charge in [0.25, 0.3) is 0 Å². The van der Waals surface area contributed by atoms with Crippen LogP contribution in [0.15, 0.2) is 59.5 Å². The monoisotopic (exact) mass is 370 g/mol. The van der Waals surface area contributed by atoms with E-state index in [-0.39, 0.29) is 11.8 Å². The Bertz CT molecular complexity index is 734. The maximum atomic E-state index is 12.9. The maximum absolute atomic E-state index is 12.9. The molecule has 26 heavy (non-hydrogen) atoms. The minimum Gasteiger partial charge on any atom is -0.355 e. The van der Waals surface area contributed by atoms with Gasteiger partial charge in [-0.05, 0) is 38.5 Å². The predicted molar refractivity (Wildman–Crippen MR) is 107 cm³/mol. The summed E-state index contributed by atoms with van der Waals surface area (Å²) in [5.41, 5.74) is 2.17. The summed E-state index contributed by atoms with van der Waals surface area (Å²) >= 11 is 1.49. The van der Waals surface area contributed by atoms with Crippen LogP contribution in [0.4, 0.5) is 0 Å². The number of hydrogen-bond donors (Lipinski definition) is 1.